The molecule has 1 aromatic carbocycles. The minimum absolute atomic E-state index is 0.0104. The van der Waals surface area contributed by atoms with Crippen LogP contribution in [-0.2, 0) is 10.0 Å². The van der Waals surface area contributed by atoms with Gasteiger partial charge in [0.2, 0.25) is 10.0 Å². The van der Waals surface area contributed by atoms with Gasteiger partial charge in [-0.05, 0) is 24.6 Å². The Balaban J connectivity index is 2.98. The van der Waals surface area contributed by atoms with E-state index in [2.05, 4.69) is 0 Å². The summed E-state index contributed by atoms with van der Waals surface area (Å²) in [6.07, 6.45) is 0.629. The molecule has 5 nitrogen and oxygen atoms in total. The molecule has 1 aromatic rings. The van der Waals surface area contributed by atoms with Crippen molar-refractivity contribution in [1.82, 2.24) is 0 Å². The number of aliphatic hydroxyl groups is 1. The standard InChI is InChI=1S/C10H16N2O3S2/c1-7(2-3-13)16-9-4-8(11)5-10(6-9)17(12,14)15/h4-7,13H,2-3,11H2,1H3,(H2,12,14,15). The first-order chi connectivity index (χ1) is 7.82. The van der Waals surface area contributed by atoms with Crippen molar-refractivity contribution in [2.24, 2.45) is 5.14 Å². The Morgan fingerprint density at radius 3 is 2.59 bits per heavy atom. The maximum absolute atomic E-state index is 11.2. The molecule has 0 aliphatic heterocycles. The summed E-state index contributed by atoms with van der Waals surface area (Å²) in [6, 6.07) is 4.51. The maximum Gasteiger partial charge on any atom is 0.238 e. The summed E-state index contributed by atoms with van der Waals surface area (Å²) < 4.78 is 22.4. The molecule has 0 fully saturated rings. The highest BCUT2D eigenvalue weighted by atomic mass is 32.2. The van der Waals surface area contributed by atoms with Crippen LogP contribution in [0.3, 0.4) is 0 Å². The Kier molecular flexibility index (Phi) is 4.81. The summed E-state index contributed by atoms with van der Waals surface area (Å²) >= 11 is 1.45. The SMILES string of the molecule is CC(CCO)Sc1cc(N)cc(S(N)(=O)=O)c1. The molecule has 0 saturated heterocycles. The van der Waals surface area contributed by atoms with Gasteiger partial charge >= 0.3 is 0 Å². The summed E-state index contributed by atoms with van der Waals surface area (Å²) in [5, 5.41) is 14.0. The van der Waals surface area contributed by atoms with Gasteiger partial charge in [-0.25, -0.2) is 13.6 Å². The van der Waals surface area contributed by atoms with Crippen LogP contribution in [0.2, 0.25) is 0 Å². The smallest absolute Gasteiger partial charge is 0.238 e. The predicted octanol–water partition coefficient (Wildman–Crippen LogP) is 0.779. The molecule has 0 bridgehead atoms. The van der Waals surface area contributed by atoms with Crippen molar-refractivity contribution in [3.8, 4) is 0 Å². The molecule has 0 spiro atoms. The first kappa shape index (κ1) is 14.3. The quantitative estimate of drug-likeness (QED) is 0.544. The molecule has 7 heteroatoms. The number of thioether (sulfide) groups is 1. The number of aliphatic hydroxyl groups excluding tert-OH is 1. The Bertz CT molecular complexity index is 488. The van der Waals surface area contributed by atoms with Crippen LogP contribution in [-0.4, -0.2) is 25.4 Å². The lowest BCUT2D eigenvalue weighted by molar-refractivity contribution is 0.289. The molecule has 96 valence electrons. The highest BCUT2D eigenvalue weighted by molar-refractivity contribution is 8.00. The molecule has 0 saturated carbocycles. The van der Waals surface area contributed by atoms with Crippen LogP contribution in [0.5, 0.6) is 0 Å². The summed E-state index contributed by atoms with van der Waals surface area (Å²) in [6.45, 7) is 2.04. The Labute approximate surface area is 105 Å². The molecule has 0 aromatic heterocycles. The lowest BCUT2D eigenvalue weighted by Crippen LogP contribution is -2.12. The van der Waals surface area contributed by atoms with E-state index in [1.54, 1.807) is 6.07 Å². The summed E-state index contributed by atoms with van der Waals surface area (Å²) in [5.41, 5.74) is 5.98. The first-order valence-corrected chi connectivity index (χ1v) is 7.46. The number of hydrogen-bond acceptors (Lipinski definition) is 5. The van der Waals surface area contributed by atoms with Gasteiger partial charge in [-0.3, -0.25) is 0 Å². The van der Waals surface area contributed by atoms with Crippen molar-refractivity contribution in [1.29, 1.82) is 0 Å². The van der Waals surface area contributed by atoms with Gasteiger partial charge in [-0.15, -0.1) is 11.8 Å². The third-order valence-corrected chi connectivity index (χ3v) is 4.14. The highest BCUT2D eigenvalue weighted by Gasteiger charge is 2.12. The molecular formula is C10H16N2O3S2. The van der Waals surface area contributed by atoms with Gasteiger partial charge in [-0.1, -0.05) is 6.92 Å². The zero-order valence-corrected chi connectivity index (χ0v) is 11.1. The number of sulfonamides is 1. The normalized spacial score (nSPS) is 13.6. The highest BCUT2D eigenvalue weighted by Crippen LogP contribution is 2.28. The largest absolute Gasteiger partial charge is 0.399 e. The van der Waals surface area contributed by atoms with E-state index in [1.807, 2.05) is 6.92 Å². The number of benzene rings is 1. The maximum atomic E-state index is 11.2. The molecule has 1 unspecified atom stereocenters. The number of rotatable bonds is 5. The molecular weight excluding hydrogens is 260 g/mol. The van der Waals surface area contributed by atoms with Gasteiger partial charge in [0, 0.05) is 22.4 Å². The molecule has 1 atom stereocenters. The van der Waals surface area contributed by atoms with E-state index >= 15 is 0 Å². The second-order valence-electron chi connectivity index (χ2n) is 3.72. The van der Waals surface area contributed by atoms with E-state index in [1.165, 1.54) is 23.9 Å². The number of anilines is 1. The molecule has 0 aliphatic rings. The Morgan fingerprint density at radius 2 is 2.06 bits per heavy atom. The van der Waals surface area contributed by atoms with Crippen molar-refractivity contribution < 1.29 is 13.5 Å². The van der Waals surface area contributed by atoms with Gasteiger partial charge in [0.15, 0.2) is 0 Å². The minimum Gasteiger partial charge on any atom is -0.399 e. The first-order valence-electron chi connectivity index (χ1n) is 5.04. The van der Waals surface area contributed by atoms with Gasteiger partial charge < -0.3 is 10.8 Å². The molecule has 0 heterocycles. The number of nitrogens with two attached hydrogens (primary N) is 2. The number of nitrogen functional groups attached to an aromatic ring is 1. The molecule has 17 heavy (non-hydrogen) atoms. The summed E-state index contributed by atoms with van der Waals surface area (Å²) in [4.78, 5) is 0.742. The topological polar surface area (TPSA) is 106 Å². The van der Waals surface area contributed by atoms with Gasteiger partial charge in [0.25, 0.3) is 0 Å². The minimum atomic E-state index is -3.74. The van der Waals surface area contributed by atoms with Crippen LogP contribution in [0.1, 0.15) is 13.3 Å². The van der Waals surface area contributed by atoms with Crippen molar-refractivity contribution in [3.63, 3.8) is 0 Å². The van der Waals surface area contributed by atoms with Crippen LogP contribution in [0, 0.1) is 0 Å². The molecule has 0 radical (unpaired) electrons. The van der Waals surface area contributed by atoms with Crippen LogP contribution in [0.15, 0.2) is 28.0 Å². The van der Waals surface area contributed by atoms with E-state index in [4.69, 9.17) is 16.0 Å². The van der Waals surface area contributed by atoms with E-state index < -0.39 is 10.0 Å². The van der Waals surface area contributed by atoms with Crippen LogP contribution >= 0.6 is 11.8 Å². The van der Waals surface area contributed by atoms with Crippen molar-refractivity contribution >= 4 is 27.5 Å². The van der Waals surface area contributed by atoms with Crippen molar-refractivity contribution in [2.45, 2.75) is 28.4 Å². The van der Waals surface area contributed by atoms with Gasteiger partial charge in [-0.2, -0.15) is 0 Å². The molecule has 5 N–H and O–H groups in total. The van der Waals surface area contributed by atoms with Crippen LogP contribution in [0.4, 0.5) is 5.69 Å². The lowest BCUT2D eigenvalue weighted by atomic mass is 10.3. The Morgan fingerprint density at radius 1 is 1.41 bits per heavy atom. The average molecular weight is 276 g/mol. The average Bonchev–Trinajstić information content (AvgIpc) is 2.15. The van der Waals surface area contributed by atoms with E-state index in [0.29, 0.717) is 12.1 Å². The fourth-order valence-corrected chi connectivity index (χ4v) is 3.05. The zero-order valence-electron chi connectivity index (χ0n) is 9.46. The number of primary sulfonamides is 1. The van der Waals surface area contributed by atoms with E-state index in [9.17, 15) is 8.42 Å². The molecule has 0 aliphatic carbocycles. The van der Waals surface area contributed by atoms with Crippen molar-refractivity contribution in [3.05, 3.63) is 18.2 Å². The Hall–Kier alpha value is -0.760. The van der Waals surface area contributed by atoms with Crippen LogP contribution in [0.25, 0.3) is 0 Å². The molecule has 0 amide bonds. The predicted molar refractivity (Wildman–Crippen MR) is 69.2 cm³/mol. The summed E-state index contributed by atoms with van der Waals surface area (Å²) in [5.74, 6) is 0. The van der Waals surface area contributed by atoms with E-state index in [-0.39, 0.29) is 16.8 Å². The fourth-order valence-electron chi connectivity index (χ4n) is 1.30. The van der Waals surface area contributed by atoms with Crippen molar-refractivity contribution in [2.75, 3.05) is 12.3 Å². The fraction of sp³-hybridized carbons (Fsp3) is 0.400. The monoisotopic (exact) mass is 276 g/mol. The lowest BCUT2D eigenvalue weighted by Gasteiger charge is -2.11. The van der Waals surface area contributed by atoms with Gasteiger partial charge in [0.05, 0.1) is 4.90 Å². The van der Waals surface area contributed by atoms with Gasteiger partial charge in [0.1, 0.15) is 0 Å². The zero-order chi connectivity index (χ0) is 13.1. The second-order valence-corrected chi connectivity index (χ2v) is 6.80. The third-order valence-electron chi connectivity index (χ3n) is 2.10. The third kappa shape index (κ3) is 4.55. The molecule has 1 rings (SSSR count). The second kappa shape index (κ2) is 5.72. The van der Waals surface area contributed by atoms with Crippen LogP contribution < -0.4 is 10.9 Å². The van der Waals surface area contributed by atoms with E-state index in [0.717, 1.165) is 4.90 Å². The number of hydrogen-bond donors (Lipinski definition) is 3. The summed E-state index contributed by atoms with van der Waals surface area (Å²) in [7, 11) is -3.74.